The van der Waals surface area contributed by atoms with Gasteiger partial charge >= 0.3 is 0 Å². The molecule has 0 saturated carbocycles. The van der Waals surface area contributed by atoms with E-state index in [0.29, 0.717) is 5.75 Å². The van der Waals surface area contributed by atoms with Crippen LogP contribution in [0.3, 0.4) is 0 Å². The van der Waals surface area contributed by atoms with E-state index in [4.69, 9.17) is 4.84 Å². The van der Waals surface area contributed by atoms with Gasteiger partial charge in [0.25, 0.3) is 5.91 Å². The van der Waals surface area contributed by atoms with Crippen molar-refractivity contribution in [2.75, 3.05) is 19.9 Å². The standard InChI is InChI=1S/C14H18N2O2S/c1-4-10-5-7-11(8-6-10)13-15-12(9-19-13)14(17)16(2)18-3/h5-8,12H,4,9H2,1-3H3. The van der Waals surface area contributed by atoms with Gasteiger partial charge in [0, 0.05) is 18.4 Å². The normalized spacial score (nSPS) is 18.3. The van der Waals surface area contributed by atoms with Crippen LogP contribution in [0.25, 0.3) is 0 Å². The van der Waals surface area contributed by atoms with E-state index in [9.17, 15) is 4.79 Å². The van der Waals surface area contributed by atoms with Crippen LogP contribution >= 0.6 is 11.8 Å². The Bertz CT molecular complexity index is 485. The molecule has 1 aromatic rings. The Labute approximate surface area is 117 Å². The molecule has 1 heterocycles. The first-order valence-electron chi connectivity index (χ1n) is 6.27. The fraction of sp³-hybridized carbons (Fsp3) is 0.429. The van der Waals surface area contributed by atoms with Crippen molar-refractivity contribution in [2.24, 2.45) is 4.99 Å². The third-order valence-corrected chi connectivity index (χ3v) is 4.23. The number of hydrogen-bond donors (Lipinski definition) is 0. The number of hydroxylamine groups is 2. The molecular formula is C14H18N2O2S. The van der Waals surface area contributed by atoms with E-state index in [0.717, 1.165) is 17.0 Å². The highest BCUT2D eigenvalue weighted by Gasteiger charge is 2.28. The zero-order valence-electron chi connectivity index (χ0n) is 11.4. The molecule has 0 spiro atoms. The Morgan fingerprint density at radius 1 is 1.47 bits per heavy atom. The molecule has 0 aromatic heterocycles. The Kier molecular flexibility index (Phi) is 4.61. The van der Waals surface area contributed by atoms with Gasteiger partial charge in [-0.1, -0.05) is 31.2 Å². The van der Waals surface area contributed by atoms with Crippen LogP contribution in [0.1, 0.15) is 18.1 Å². The molecule has 102 valence electrons. The van der Waals surface area contributed by atoms with Crippen molar-refractivity contribution in [1.29, 1.82) is 0 Å². The summed E-state index contributed by atoms with van der Waals surface area (Å²) in [6, 6.07) is 8.01. The number of aliphatic imine (C=N–C) groups is 1. The molecule has 0 radical (unpaired) electrons. The largest absolute Gasteiger partial charge is 0.274 e. The number of rotatable bonds is 4. The van der Waals surface area contributed by atoms with Gasteiger partial charge in [-0.3, -0.25) is 14.6 Å². The third kappa shape index (κ3) is 3.16. The average molecular weight is 278 g/mol. The number of hydrogen-bond acceptors (Lipinski definition) is 4. The molecule has 4 nitrogen and oxygen atoms in total. The second-order valence-corrected chi connectivity index (χ2v) is 5.34. The second kappa shape index (κ2) is 6.21. The predicted octanol–water partition coefficient (Wildman–Crippen LogP) is 2.13. The van der Waals surface area contributed by atoms with Crippen LogP contribution in [0.15, 0.2) is 29.3 Å². The van der Waals surface area contributed by atoms with Crippen molar-refractivity contribution >= 4 is 22.7 Å². The fourth-order valence-electron chi connectivity index (χ4n) is 1.84. The maximum Gasteiger partial charge on any atom is 0.271 e. The number of amides is 1. The molecule has 0 saturated heterocycles. The zero-order chi connectivity index (χ0) is 13.8. The lowest BCUT2D eigenvalue weighted by atomic mass is 10.1. The highest BCUT2D eigenvalue weighted by molar-refractivity contribution is 8.14. The number of benzene rings is 1. The highest BCUT2D eigenvalue weighted by Crippen LogP contribution is 2.24. The molecule has 5 heteroatoms. The fourth-order valence-corrected chi connectivity index (χ4v) is 2.88. The van der Waals surface area contributed by atoms with E-state index in [1.165, 1.54) is 17.7 Å². The zero-order valence-corrected chi connectivity index (χ0v) is 12.2. The van der Waals surface area contributed by atoms with Crippen molar-refractivity contribution < 1.29 is 9.63 Å². The molecule has 1 aliphatic heterocycles. The van der Waals surface area contributed by atoms with Crippen molar-refractivity contribution in [3.63, 3.8) is 0 Å². The van der Waals surface area contributed by atoms with E-state index >= 15 is 0 Å². The Hall–Kier alpha value is -1.33. The van der Waals surface area contributed by atoms with Crippen molar-refractivity contribution in [1.82, 2.24) is 5.06 Å². The van der Waals surface area contributed by atoms with Crippen LogP contribution in [0, 0.1) is 0 Å². The molecule has 1 aromatic carbocycles. The molecule has 1 amide bonds. The molecule has 1 aliphatic rings. The van der Waals surface area contributed by atoms with Crippen LogP contribution in [0.2, 0.25) is 0 Å². The monoisotopic (exact) mass is 278 g/mol. The van der Waals surface area contributed by atoms with Gasteiger partial charge in [0.1, 0.15) is 6.04 Å². The molecular weight excluding hydrogens is 260 g/mol. The summed E-state index contributed by atoms with van der Waals surface area (Å²) in [5, 5.41) is 2.17. The SMILES string of the molecule is CCc1ccc(C2=NC(C(=O)N(C)OC)CS2)cc1. The Morgan fingerprint density at radius 2 is 2.16 bits per heavy atom. The summed E-state index contributed by atoms with van der Waals surface area (Å²) < 4.78 is 0. The van der Waals surface area contributed by atoms with Crippen LogP contribution in [-0.2, 0) is 16.1 Å². The van der Waals surface area contributed by atoms with Crippen LogP contribution < -0.4 is 0 Å². The summed E-state index contributed by atoms with van der Waals surface area (Å²) in [7, 11) is 3.09. The van der Waals surface area contributed by atoms with Crippen LogP contribution in [0.4, 0.5) is 0 Å². The topological polar surface area (TPSA) is 41.9 Å². The summed E-state index contributed by atoms with van der Waals surface area (Å²) in [4.78, 5) is 21.3. The highest BCUT2D eigenvalue weighted by atomic mass is 32.2. The summed E-state index contributed by atoms with van der Waals surface area (Å²) >= 11 is 1.62. The summed E-state index contributed by atoms with van der Waals surface area (Å²) in [6.45, 7) is 2.13. The summed E-state index contributed by atoms with van der Waals surface area (Å²) in [5.74, 6) is 0.576. The van der Waals surface area contributed by atoms with Gasteiger partial charge < -0.3 is 0 Å². The Morgan fingerprint density at radius 3 is 2.74 bits per heavy atom. The van der Waals surface area contributed by atoms with E-state index < -0.39 is 0 Å². The first kappa shape index (κ1) is 14.1. The van der Waals surface area contributed by atoms with Gasteiger partial charge in [-0.25, -0.2) is 5.06 Å². The van der Waals surface area contributed by atoms with Crippen LogP contribution in [0.5, 0.6) is 0 Å². The molecule has 1 atom stereocenters. The minimum absolute atomic E-state index is 0.102. The number of nitrogens with zero attached hydrogens (tertiary/aromatic N) is 2. The smallest absolute Gasteiger partial charge is 0.271 e. The van der Waals surface area contributed by atoms with Gasteiger partial charge in [0.05, 0.1) is 12.2 Å². The first-order valence-corrected chi connectivity index (χ1v) is 7.25. The van der Waals surface area contributed by atoms with Gasteiger partial charge in [-0.15, -0.1) is 11.8 Å². The van der Waals surface area contributed by atoms with E-state index in [2.05, 4.69) is 36.2 Å². The number of carbonyl (C=O) groups excluding carboxylic acids is 1. The molecule has 19 heavy (non-hydrogen) atoms. The second-order valence-electron chi connectivity index (χ2n) is 4.33. The molecule has 2 rings (SSSR count). The molecule has 0 aliphatic carbocycles. The lowest BCUT2D eigenvalue weighted by molar-refractivity contribution is -0.169. The molecule has 0 bridgehead atoms. The molecule has 0 fully saturated rings. The minimum Gasteiger partial charge on any atom is -0.274 e. The van der Waals surface area contributed by atoms with E-state index in [1.807, 2.05) is 0 Å². The Balaban J connectivity index is 2.11. The lowest BCUT2D eigenvalue weighted by Gasteiger charge is -2.15. The maximum atomic E-state index is 11.9. The van der Waals surface area contributed by atoms with E-state index in [1.54, 1.807) is 18.8 Å². The maximum absolute atomic E-state index is 11.9. The number of likely N-dealkylation sites (N-methyl/N-ethyl adjacent to an activating group) is 1. The molecule has 1 unspecified atom stereocenters. The van der Waals surface area contributed by atoms with Gasteiger partial charge in [0.2, 0.25) is 0 Å². The number of aryl methyl sites for hydroxylation is 1. The van der Waals surface area contributed by atoms with Gasteiger partial charge in [-0.2, -0.15) is 0 Å². The van der Waals surface area contributed by atoms with Crippen LogP contribution in [-0.4, -0.2) is 42.0 Å². The quantitative estimate of drug-likeness (QED) is 0.792. The summed E-state index contributed by atoms with van der Waals surface area (Å²) in [6.07, 6.45) is 1.03. The first-order chi connectivity index (χ1) is 9.15. The number of carbonyl (C=O) groups is 1. The lowest BCUT2D eigenvalue weighted by Crippen LogP contribution is -2.34. The van der Waals surface area contributed by atoms with E-state index in [-0.39, 0.29) is 11.9 Å². The predicted molar refractivity (Wildman–Crippen MR) is 78.4 cm³/mol. The third-order valence-electron chi connectivity index (χ3n) is 3.13. The number of thioether (sulfide) groups is 1. The minimum atomic E-state index is -0.337. The summed E-state index contributed by atoms with van der Waals surface area (Å²) in [5.41, 5.74) is 2.39. The van der Waals surface area contributed by atoms with Gasteiger partial charge in [-0.05, 0) is 12.0 Å². The molecule has 0 N–H and O–H groups in total. The average Bonchev–Trinajstić information content (AvgIpc) is 2.95. The van der Waals surface area contributed by atoms with Crippen molar-refractivity contribution in [3.05, 3.63) is 35.4 Å². The van der Waals surface area contributed by atoms with Crippen molar-refractivity contribution in [2.45, 2.75) is 19.4 Å². The van der Waals surface area contributed by atoms with Gasteiger partial charge in [0.15, 0.2) is 0 Å². The van der Waals surface area contributed by atoms with Crippen molar-refractivity contribution in [3.8, 4) is 0 Å².